The lowest BCUT2D eigenvalue weighted by Gasteiger charge is -2.13. The molecule has 0 saturated heterocycles. The van der Waals surface area contributed by atoms with Gasteiger partial charge in [0.15, 0.2) is 0 Å². The van der Waals surface area contributed by atoms with Crippen LogP contribution < -0.4 is 9.88 Å². The first-order valence-corrected chi connectivity index (χ1v) is 8.10. The maximum absolute atomic E-state index is 11.4. The molecule has 0 aliphatic rings. The first-order valence-electron chi connectivity index (χ1n) is 6.55. The Morgan fingerprint density at radius 3 is 2.52 bits per heavy atom. The van der Waals surface area contributed by atoms with Crippen LogP contribution in [-0.2, 0) is 16.4 Å². The van der Waals surface area contributed by atoms with Crippen molar-refractivity contribution >= 4 is 10.0 Å². The molecular weight excluding hydrogens is 288 g/mol. The molecule has 0 unspecified atom stereocenters. The SMILES string of the molecule is Cc1c(OCCc2ccccn2)ccc(S(N)(=O)=O)c1C. The topological polar surface area (TPSA) is 82.3 Å². The van der Waals surface area contributed by atoms with Crippen LogP contribution in [0.4, 0.5) is 0 Å². The molecule has 0 atom stereocenters. The van der Waals surface area contributed by atoms with Gasteiger partial charge in [0.05, 0.1) is 11.5 Å². The quantitative estimate of drug-likeness (QED) is 0.915. The summed E-state index contributed by atoms with van der Waals surface area (Å²) in [5, 5.41) is 5.18. The average molecular weight is 306 g/mol. The number of hydrogen-bond donors (Lipinski definition) is 1. The number of nitrogens with zero attached hydrogens (tertiary/aromatic N) is 1. The second-order valence-corrected chi connectivity index (χ2v) is 6.31. The number of rotatable bonds is 5. The molecule has 2 N–H and O–H groups in total. The van der Waals surface area contributed by atoms with Crippen LogP contribution in [0, 0.1) is 13.8 Å². The highest BCUT2D eigenvalue weighted by Crippen LogP contribution is 2.26. The van der Waals surface area contributed by atoms with Gasteiger partial charge in [-0.15, -0.1) is 0 Å². The lowest BCUT2D eigenvalue weighted by atomic mass is 10.1. The van der Waals surface area contributed by atoms with E-state index in [0.29, 0.717) is 24.3 Å². The predicted molar refractivity (Wildman–Crippen MR) is 80.7 cm³/mol. The van der Waals surface area contributed by atoms with Crippen molar-refractivity contribution in [1.82, 2.24) is 4.98 Å². The molecular formula is C15H18N2O3S. The normalized spacial score (nSPS) is 11.4. The average Bonchev–Trinajstić information content (AvgIpc) is 2.43. The molecule has 5 nitrogen and oxygen atoms in total. The van der Waals surface area contributed by atoms with Gasteiger partial charge in [-0.3, -0.25) is 4.98 Å². The van der Waals surface area contributed by atoms with E-state index in [1.807, 2.05) is 25.1 Å². The first kappa shape index (κ1) is 15.5. The van der Waals surface area contributed by atoms with Crippen LogP contribution in [0.15, 0.2) is 41.4 Å². The van der Waals surface area contributed by atoms with Crippen molar-refractivity contribution in [2.45, 2.75) is 25.2 Å². The molecule has 1 aromatic carbocycles. The van der Waals surface area contributed by atoms with E-state index in [2.05, 4.69) is 4.98 Å². The van der Waals surface area contributed by atoms with Crippen LogP contribution in [0.2, 0.25) is 0 Å². The van der Waals surface area contributed by atoms with Crippen LogP contribution in [-0.4, -0.2) is 20.0 Å². The zero-order valence-corrected chi connectivity index (χ0v) is 12.9. The lowest BCUT2D eigenvalue weighted by Crippen LogP contribution is -2.14. The number of hydrogen-bond acceptors (Lipinski definition) is 4. The molecule has 2 rings (SSSR count). The number of nitrogens with two attached hydrogens (primary N) is 1. The molecule has 0 spiro atoms. The van der Waals surface area contributed by atoms with Crippen molar-refractivity contribution in [2.24, 2.45) is 5.14 Å². The number of benzene rings is 1. The molecule has 0 radical (unpaired) electrons. The van der Waals surface area contributed by atoms with Gasteiger partial charge in [-0.2, -0.15) is 0 Å². The maximum Gasteiger partial charge on any atom is 0.238 e. The van der Waals surface area contributed by atoms with Crippen molar-refractivity contribution in [3.05, 3.63) is 53.3 Å². The van der Waals surface area contributed by atoms with Gasteiger partial charge < -0.3 is 4.74 Å². The van der Waals surface area contributed by atoms with E-state index in [1.165, 1.54) is 6.07 Å². The molecule has 112 valence electrons. The summed E-state index contributed by atoms with van der Waals surface area (Å²) in [6, 6.07) is 8.85. The van der Waals surface area contributed by atoms with E-state index in [1.54, 1.807) is 19.2 Å². The molecule has 0 bridgehead atoms. The summed E-state index contributed by atoms with van der Waals surface area (Å²) in [4.78, 5) is 4.36. The molecule has 1 heterocycles. The number of sulfonamides is 1. The smallest absolute Gasteiger partial charge is 0.238 e. The summed E-state index contributed by atoms with van der Waals surface area (Å²) < 4.78 is 28.6. The molecule has 1 aromatic heterocycles. The summed E-state index contributed by atoms with van der Waals surface area (Å²) in [6.45, 7) is 4.02. The fraction of sp³-hybridized carbons (Fsp3) is 0.267. The van der Waals surface area contributed by atoms with Gasteiger partial charge in [0, 0.05) is 18.3 Å². The van der Waals surface area contributed by atoms with Crippen LogP contribution in [0.25, 0.3) is 0 Å². The summed E-state index contributed by atoms with van der Waals surface area (Å²) in [5.41, 5.74) is 2.35. The van der Waals surface area contributed by atoms with Crippen LogP contribution in [0.3, 0.4) is 0 Å². The fourth-order valence-corrected chi connectivity index (χ4v) is 2.88. The number of primary sulfonamides is 1. The number of ether oxygens (including phenoxy) is 1. The highest BCUT2D eigenvalue weighted by atomic mass is 32.2. The summed E-state index contributed by atoms with van der Waals surface area (Å²) in [7, 11) is -3.70. The minimum Gasteiger partial charge on any atom is -0.493 e. The molecule has 0 saturated carbocycles. The molecule has 0 aliphatic carbocycles. The van der Waals surface area contributed by atoms with Crippen molar-refractivity contribution < 1.29 is 13.2 Å². The third-order valence-electron chi connectivity index (χ3n) is 3.34. The van der Waals surface area contributed by atoms with Crippen molar-refractivity contribution in [2.75, 3.05) is 6.61 Å². The van der Waals surface area contributed by atoms with Gasteiger partial charge in [0.25, 0.3) is 0 Å². The monoisotopic (exact) mass is 306 g/mol. The van der Waals surface area contributed by atoms with E-state index in [-0.39, 0.29) is 4.90 Å². The Hall–Kier alpha value is -1.92. The fourth-order valence-electron chi connectivity index (χ4n) is 2.05. The van der Waals surface area contributed by atoms with Gasteiger partial charge in [-0.25, -0.2) is 13.6 Å². The molecule has 2 aromatic rings. The summed E-state index contributed by atoms with van der Waals surface area (Å²) >= 11 is 0. The van der Waals surface area contributed by atoms with Gasteiger partial charge in [-0.1, -0.05) is 6.07 Å². The molecule has 0 aliphatic heterocycles. The Balaban J connectivity index is 2.10. The molecule has 0 amide bonds. The van der Waals surface area contributed by atoms with E-state index in [4.69, 9.17) is 9.88 Å². The predicted octanol–water partition coefficient (Wildman–Crippen LogP) is 1.97. The van der Waals surface area contributed by atoms with Crippen LogP contribution in [0.1, 0.15) is 16.8 Å². The number of pyridine rings is 1. The largest absolute Gasteiger partial charge is 0.493 e. The Kier molecular flexibility index (Phi) is 4.59. The zero-order chi connectivity index (χ0) is 15.5. The maximum atomic E-state index is 11.4. The summed E-state index contributed by atoms with van der Waals surface area (Å²) in [6.07, 6.45) is 2.43. The first-order chi connectivity index (χ1) is 9.89. The number of aromatic nitrogens is 1. The van der Waals surface area contributed by atoms with Crippen molar-refractivity contribution in [3.8, 4) is 5.75 Å². The minimum absolute atomic E-state index is 0.136. The van der Waals surface area contributed by atoms with E-state index < -0.39 is 10.0 Å². The third kappa shape index (κ3) is 3.80. The van der Waals surface area contributed by atoms with E-state index in [0.717, 1.165) is 11.3 Å². The highest BCUT2D eigenvalue weighted by molar-refractivity contribution is 7.89. The lowest BCUT2D eigenvalue weighted by molar-refractivity contribution is 0.318. The summed E-state index contributed by atoms with van der Waals surface area (Å²) in [5.74, 6) is 0.663. The standard InChI is InChI=1S/C15H18N2O3S/c1-11-12(2)15(21(16,18)19)7-6-14(11)20-10-8-13-5-3-4-9-17-13/h3-7,9H,8,10H2,1-2H3,(H2,16,18,19). The second-order valence-electron chi connectivity index (χ2n) is 4.78. The van der Waals surface area contributed by atoms with Crippen LogP contribution in [0.5, 0.6) is 5.75 Å². The second kappa shape index (κ2) is 6.24. The Morgan fingerprint density at radius 2 is 1.90 bits per heavy atom. The van der Waals surface area contributed by atoms with Gasteiger partial charge >= 0.3 is 0 Å². The zero-order valence-electron chi connectivity index (χ0n) is 12.0. The van der Waals surface area contributed by atoms with Crippen molar-refractivity contribution in [3.63, 3.8) is 0 Å². The molecule has 0 fully saturated rings. The van der Waals surface area contributed by atoms with Gasteiger partial charge in [0.2, 0.25) is 10.0 Å². The molecule has 21 heavy (non-hydrogen) atoms. The van der Waals surface area contributed by atoms with Gasteiger partial charge in [-0.05, 0) is 49.2 Å². The van der Waals surface area contributed by atoms with Gasteiger partial charge in [0.1, 0.15) is 5.75 Å². The third-order valence-corrected chi connectivity index (χ3v) is 4.39. The molecule has 6 heteroatoms. The minimum atomic E-state index is -3.70. The van der Waals surface area contributed by atoms with Crippen LogP contribution >= 0.6 is 0 Å². The Bertz CT molecular complexity index is 728. The Morgan fingerprint density at radius 1 is 1.14 bits per heavy atom. The van der Waals surface area contributed by atoms with Crippen molar-refractivity contribution in [1.29, 1.82) is 0 Å². The van der Waals surface area contributed by atoms with E-state index in [9.17, 15) is 8.42 Å². The van der Waals surface area contributed by atoms with E-state index >= 15 is 0 Å². The highest BCUT2D eigenvalue weighted by Gasteiger charge is 2.15. The Labute approximate surface area is 124 Å².